The van der Waals surface area contributed by atoms with Crippen LogP contribution in [0.25, 0.3) is 31.7 Å². The molecular weight excluding hydrogens is 386 g/mol. The average Bonchev–Trinajstić information content (AvgIpc) is 3.08. The van der Waals surface area contributed by atoms with Gasteiger partial charge in [0, 0.05) is 38.8 Å². The Balaban J connectivity index is 2.21. The van der Waals surface area contributed by atoms with Crippen molar-refractivity contribution in [2.75, 3.05) is 20.0 Å². The number of methoxy groups -OCH3 is 2. The van der Waals surface area contributed by atoms with E-state index in [1.807, 2.05) is 49.4 Å². The van der Waals surface area contributed by atoms with Crippen molar-refractivity contribution < 1.29 is 9.47 Å². The van der Waals surface area contributed by atoms with Crippen LogP contribution in [0.5, 0.6) is 11.5 Å². The van der Waals surface area contributed by atoms with Crippen LogP contribution in [0, 0.1) is 6.92 Å². The minimum Gasteiger partial charge on any atom is -0.496 e. The molecule has 0 saturated carbocycles. The fraction of sp³-hybridized carbons (Fsp3) is 0.182. The van der Waals surface area contributed by atoms with Crippen LogP contribution in [0.2, 0.25) is 0 Å². The number of aromatic nitrogens is 2. The molecule has 148 valence electrons. The summed E-state index contributed by atoms with van der Waals surface area (Å²) in [5, 5.41) is 5.18. The summed E-state index contributed by atoms with van der Waals surface area (Å²) in [6, 6.07) is 13.5. The topological polar surface area (TPSA) is 79.4 Å². The summed E-state index contributed by atoms with van der Waals surface area (Å²) in [5.41, 5.74) is 9.29. The normalized spacial score (nSPS) is 11.0. The number of hydrogen-bond donors (Lipinski definition) is 1. The van der Waals surface area contributed by atoms with E-state index >= 15 is 0 Å². The molecule has 0 atom stereocenters. The van der Waals surface area contributed by atoms with Crippen molar-refractivity contribution in [3.05, 3.63) is 58.5 Å². The van der Waals surface area contributed by atoms with E-state index in [9.17, 15) is 4.79 Å². The second-order valence-electron chi connectivity index (χ2n) is 6.68. The van der Waals surface area contributed by atoms with Gasteiger partial charge in [-0.3, -0.25) is 4.79 Å². The third-order valence-electron chi connectivity index (χ3n) is 4.88. The number of hydrogen-bond acceptors (Lipinski definition) is 6. The highest BCUT2D eigenvalue weighted by Gasteiger charge is 2.25. The largest absolute Gasteiger partial charge is 0.496 e. The molecule has 0 spiro atoms. The number of fused-ring (bicyclic) bond motifs is 1. The second kappa shape index (κ2) is 7.25. The Hall–Kier alpha value is -3.32. The van der Waals surface area contributed by atoms with E-state index in [4.69, 9.17) is 15.2 Å². The number of benzene rings is 2. The van der Waals surface area contributed by atoms with E-state index in [-0.39, 0.29) is 5.56 Å². The zero-order valence-electron chi connectivity index (χ0n) is 16.6. The van der Waals surface area contributed by atoms with Gasteiger partial charge in [0.1, 0.15) is 11.4 Å². The van der Waals surface area contributed by atoms with Crippen molar-refractivity contribution in [1.82, 2.24) is 9.78 Å². The Kier molecular flexibility index (Phi) is 4.76. The van der Waals surface area contributed by atoms with E-state index in [2.05, 4.69) is 5.10 Å². The third-order valence-corrected chi connectivity index (χ3v) is 6.09. The summed E-state index contributed by atoms with van der Waals surface area (Å²) >= 11 is 1.59. The molecule has 2 heterocycles. The number of nitrogen functional groups attached to an aromatic ring is 1. The summed E-state index contributed by atoms with van der Waals surface area (Å²) in [7, 11) is 4.84. The fourth-order valence-corrected chi connectivity index (χ4v) is 4.83. The Morgan fingerprint density at radius 1 is 1.07 bits per heavy atom. The van der Waals surface area contributed by atoms with Crippen molar-refractivity contribution in [1.29, 1.82) is 0 Å². The number of nitrogens with two attached hydrogens (primary N) is 1. The number of aryl methyl sites for hydroxylation is 2. The van der Waals surface area contributed by atoms with E-state index in [0.29, 0.717) is 22.7 Å². The first-order valence-electron chi connectivity index (χ1n) is 9.04. The maximum Gasteiger partial charge on any atom is 0.278 e. The van der Waals surface area contributed by atoms with Crippen LogP contribution in [0.15, 0.2) is 47.3 Å². The van der Waals surface area contributed by atoms with Gasteiger partial charge in [-0.05, 0) is 37.3 Å². The molecule has 0 saturated heterocycles. The van der Waals surface area contributed by atoms with Crippen LogP contribution in [-0.4, -0.2) is 24.0 Å². The van der Waals surface area contributed by atoms with Gasteiger partial charge in [0.05, 0.1) is 19.8 Å². The van der Waals surface area contributed by atoms with Crippen molar-refractivity contribution >= 4 is 27.1 Å². The molecule has 4 aromatic rings. The van der Waals surface area contributed by atoms with Gasteiger partial charge in [-0.25, -0.2) is 4.68 Å². The molecule has 4 rings (SSSR count). The van der Waals surface area contributed by atoms with Gasteiger partial charge >= 0.3 is 0 Å². The molecule has 2 aromatic carbocycles. The number of rotatable bonds is 4. The summed E-state index contributed by atoms with van der Waals surface area (Å²) in [4.78, 5) is 14.1. The third kappa shape index (κ3) is 3.03. The number of thiophene rings is 1. The quantitative estimate of drug-likeness (QED) is 0.512. The highest BCUT2D eigenvalue weighted by molar-refractivity contribution is 7.23. The van der Waals surface area contributed by atoms with Crippen molar-refractivity contribution in [3.63, 3.8) is 0 Å². The molecule has 0 fully saturated rings. The van der Waals surface area contributed by atoms with Crippen LogP contribution in [0.3, 0.4) is 0 Å². The first-order chi connectivity index (χ1) is 14.0. The fourth-order valence-electron chi connectivity index (χ4n) is 3.61. The summed E-state index contributed by atoms with van der Waals surface area (Å²) in [5.74, 6) is 1.20. The van der Waals surface area contributed by atoms with Gasteiger partial charge < -0.3 is 15.2 Å². The minimum absolute atomic E-state index is 0.231. The number of nitrogens with zero attached hydrogens (tertiary/aromatic N) is 2. The Morgan fingerprint density at radius 3 is 2.55 bits per heavy atom. The summed E-state index contributed by atoms with van der Waals surface area (Å²) < 4.78 is 13.6. The van der Waals surface area contributed by atoms with Crippen LogP contribution in [0.4, 0.5) is 5.69 Å². The van der Waals surface area contributed by atoms with Crippen LogP contribution in [0.1, 0.15) is 5.69 Å². The summed E-state index contributed by atoms with van der Waals surface area (Å²) in [6.07, 6.45) is 0. The van der Waals surface area contributed by atoms with Crippen LogP contribution in [-0.2, 0) is 7.05 Å². The molecule has 0 bridgehead atoms. The molecule has 0 amide bonds. The molecule has 2 aromatic heterocycles. The van der Waals surface area contributed by atoms with Gasteiger partial charge in [0.25, 0.3) is 5.56 Å². The minimum atomic E-state index is -0.231. The Bertz CT molecular complexity index is 1290. The molecule has 29 heavy (non-hydrogen) atoms. The predicted octanol–water partition coefficient (Wildman–Crippen LogP) is 4.24. The number of para-hydroxylation sites is 1. The molecular formula is C22H21N3O3S. The lowest BCUT2D eigenvalue weighted by molar-refractivity contribution is 0.405. The molecule has 0 radical (unpaired) electrons. The van der Waals surface area contributed by atoms with E-state index in [0.717, 1.165) is 31.8 Å². The van der Waals surface area contributed by atoms with E-state index < -0.39 is 0 Å². The number of anilines is 1. The van der Waals surface area contributed by atoms with Crippen LogP contribution >= 0.6 is 11.3 Å². The number of ether oxygens (including phenoxy) is 2. The molecule has 6 nitrogen and oxygen atoms in total. The van der Waals surface area contributed by atoms with Gasteiger partial charge in [0.2, 0.25) is 0 Å². The van der Waals surface area contributed by atoms with E-state index in [1.54, 1.807) is 32.6 Å². The van der Waals surface area contributed by atoms with Gasteiger partial charge in [-0.2, -0.15) is 5.10 Å². The second-order valence-corrected chi connectivity index (χ2v) is 7.74. The lowest BCUT2D eigenvalue weighted by atomic mass is 9.98. The molecule has 0 aliphatic heterocycles. The van der Waals surface area contributed by atoms with Crippen molar-refractivity contribution in [2.45, 2.75) is 6.92 Å². The monoisotopic (exact) mass is 407 g/mol. The first kappa shape index (κ1) is 19.0. The Morgan fingerprint density at radius 2 is 1.83 bits per heavy atom. The standard InChI is InChI=1S/C22H21N3O3S/c1-12-20(28-4)19(22(26)25(2)24-12)18-15-11-13(23)9-10-17(15)29-21(18)14-7-5-6-8-16(14)27-3/h5-11H,23H2,1-4H3. The lowest BCUT2D eigenvalue weighted by Crippen LogP contribution is -2.23. The van der Waals surface area contributed by atoms with Gasteiger partial charge in [-0.1, -0.05) is 12.1 Å². The zero-order chi connectivity index (χ0) is 20.7. The molecule has 7 heteroatoms. The molecule has 0 aliphatic rings. The molecule has 0 aliphatic carbocycles. The SMILES string of the molecule is COc1ccccc1-c1sc2ccc(N)cc2c1-c1c(OC)c(C)nn(C)c1=O. The van der Waals surface area contributed by atoms with Gasteiger partial charge in [-0.15, -0.1) is 11.3 Å². The summed E-state index contributed by atoms with van der Waals surface area (Å²) in [6.45, 7) is 1.83. The predicted molar refractivity (Wildman–Crippen MR) is 118 cm³/mol. The van der Waals surface area contributed by atoms with Crippen molar-refractivity contribution in [3.8, 4) is 33.1 Å². The van der Waals surface area contributed by atoms with Crippen LogP contribution < -0.4 is 20.8 Å². The highest BCUT2D eigenvalue weighted by atomic mass is 32.1. The van der Waals surface area contributed by atoms with E-state index in [1.165, 1.54) is 4.68 Å². The maximum atomic E-state index is 13.2. The zero-order valence-corrected chi connectivity index (χ0v) is 17.5. The first-order valence-corrected chi connectivity index (χ1v) is 9.85. The molecule has 2 N–H and O–H groups in total. The van der Waals surface area contributed by atoms with Crippen molar-refractivity contribution in [2.24, 2.45) is 7.05 Å². The highest BCUT2D eigenvalue weighted by Crippen LogP contribution is 2.49. The lowest BCUT2D eigenvalue weighted by Gasteiger charge is -2.14. The maximum absolute atomic E-state index is 13.2. The molecule has 0 unspecified atom stereocenters. The Labute approximate surface area is 172 Å². The smallest absolute Gasteiger partial charge is 0.278 e. The van der Waals surface area contributed by atoms with Gasteiger partial charge in [0.15, 0.2) is 5.75 Å². The average molecular weight is 407 g/mol.